The Hall–Kier alpha value is -0.950. The molecule has 0 radical (unpaired) electrons. The molecule has 1 unspecified atom stereocenters. The van der Waals surface area contributed by atoms with Gasteiger partial charge in [-0.1, -0.05) is 23.2 Å². The van der Waals surface area contributed by atoms with Gasteiger partial charge in [0.1, 0.15) is 11.0 Å². The summed E-state index contributed by atoms with van der Waals surface area (Å²) in [5.41, 5.74) is 3.19. The largest absolute Gasteiger partial charge is 0.375 e. The number of nitrogens with zero attached hydrogens (tertiary/aromatic N) is 3. The lowest BCUT2D eigenvalue weighted by molar-refractivity contribution is 0.891. The molecule has 110 valence electrons. The molecule has 0 bridgehead atoms. The van der Waals surface area contributed by atoms with Gasteiger partial charge in [-0.2, -0.15) is 8.75 Å². The van der Waals surface area contributed by atoms with Gasteiger partial charge in [0.15, 0.2) is 0 Å². The van der Waals surface area contributed by atoms with E-state index in [4.69, 9.17) is 23.2 Å². The van der Waals surface area contributed by atoms with Crippen molar-refractivity contribution in [3.8, 4) is 0 Å². The van der Waals surface area contributed by atoms with E-state index < -0.39 is 0 Å². The molecular weight excluding hydrogens is 347 g/mol. The lowest BCUT2D eigenvalue weighted by Crippen LogP contribution is -2.07. The maximum atomic E-state index is 6.32. The number of aromatic nitrogens is 3. The van der Waals surface area contributed by atoms with E-state index in [2.05, 4.69) is 26.0 Å². The SMILES string of the molecule is Cc1nc(C)c(C(C)Nc2c(Cl)cc(Cl)c3nsnc23)s1. The summed E-state index contributed by atoms with van der Waals surface area (Å²) >= 11 is 15.3. The molecule has 0 saturated carbocycles. The average Bonchev–Trinajstić information content (AvgIpc) is 3.01. The third kappa shape index (κ3) is 2.73. The molecule has 1 N–H and O–H groups in total. The van der Waals surface area contributed by atoms with Crippen LogP contribution in [0.15, 0.2) is 6.07 Å². The molecule has 21 heavy (non-hydrogen) atoms. The average molecular weight is 359 g/mol. The number of hydrogen-bond donors (Lipinski definition) is 1. The third-order valence-electron chi connectivity index (χ3n) is 3.14. The zero-order valence-corrected chi connectivity index (χ0v) is 14.7. The van der Waals surface area contributed by atoms with Gasteiger partial charge in [-0.15, -0.1) is 11.3 Å². The summed E-state index contributed by atoms with van der Waals surface area (Å²) in [5.74, 6) is 0. The second-order valence-corrected chi connectivity index (χ2v) is 7.30. The van der Waals surface area contributed by atoms with E-state index in [1.807, 2.05) is 13.8 Å². The van der Waals surface area contributed by atoms with Crippen molar-refractivity contribution >= 4 is 63.0 Å². The molecule has 0 saturated heterocycles. The van der Waals surface area contributed by atoms with E-state index in [1.165, 1.54) is 4.88 Å². The highest BCUT2D eigenvalue weighted by Gasteiger charge is 2.18. The standard InChI is InChI=1S/C13H12Cl2N4S2/c1-5-13(20-7(3)16-5)6(2)17-10-8(14)4-9(15)11-12(10)19-21-18-11/h4,6,17H,1-3H3. The van der Waals surface area contributed by atoms with Gasteiger partial charge >= 0.3 is 0 Å². The molecular formula is C13H12Cl2N4S2. The summed E-state index contributed by atoms with van der Waals surface area (Å²) in [7, 11) is 0. The number of aryl methyl sites for hydroxylation is 2. The Labute approximate surface area is 140 Å². The van der Waals surface area contributed by atoms with Gasteiger partial charge in [-0.25, -0.2) is 4.98 Å². The van der Waals surface area contributed by atoms with Crippen LogP contribution in [-0.4, -0.2) is 13.7 Å². The van der Waals surface area contributed by atoms with Gasteiger partial charge in [-0.05, 0) is 26.8 Å². The molecule has 3 aromatic rings. The first kappa shape index (κ1) is 15.0. The first-order valence-electron chi connectivity index (χ1n) is 6.28. The molecule has 2 heterocycles. The topological polar surface area (TPSA) is 50.7 Å². The van der Waals surface area contributed by atoms with Crippen molar-refractivity contribution in [3.63, 3.8) is 0 Å². The zero-order chi connectivity index (χ0) is 15.1. The van der Waals surface area contributed by atoms with Crippen LogP contribution in [0.4, 0.5) is 5.69 Å². The van der Waals surface area contributed by atoms with Crippen molar-refractivity contribution in [1.82, 2.24) is 13.7 Å². The molecule has 4 nitrogen and oxygen atoms in total. The third-order valence-corrected chi connectivity index (χ3v) is 5.51. The molecule has 1 aromatic carbocycles. The summed E-state index contributed by atoms with van der Waals surface area (Å²) in [4.78, 5) is 5.65. The van der Waals surface area contributed by atoms with Crippen LogP contribution in [-0.2, 0) is 0 Å². The van der Waals surface area contributed by atoms with Crippen LogP contribution in [0, 0.1) is 13.8 Å². The molecule has 0 aliphatic heterocycles. The minimum absolute atomic E-state index is 0.0831. The molecule has 3 rings (SSSR count). The van der Waals surface area contributed by atoms with Crippen LogP contribution in [0.2, 0.25) is 10.0 Å². The molecule has 1 atom stereocenters. The highest BCUT2D eigenvalue weighted by Crippen LogP contribution is 2.38. The van der Waals surface area contributed by atoms with Crippen LogP contribution < -0.4 is 5.32 Å². The fraction of sp³-hybridized carbons (Fsp3) is 0.308. The highest BCUT2D eigenvalue weighted by molar-refractivity contribution is 7.11. The molecule has 0 fully saturated rings. The first-order valence-corrected chi connectivity index (χ1v) is 8.58. The Morgan fingerprint density at radius 1 is 1.14 bits per heavy atom. The van der Waals surface area contributed by atoms with Crippen LogP contribution in [0.5, 0.6) is 0 Å². The van der Waals surface area contributed by atoms with Gasteiger partial charge in [0, 0.05) is 4.88 Å². The lowest BCUT2D eigenvalue weighted by atomic mass is 10.2. The summed E-state index contributed by atoms with van der Waals surface area (Å²) < 4.78 is 8.51. The summed E-state index contributed by atoms with van der Waals surface area (Å²) in [5, 5.41) is 5.54. The Kier molecular flexibility index (Phi) is 4.05. The minimum atomic E-state index is 0.0831. The molecule has 2 aromatic heterocycles. The smallest absolute Gasteiger partial charge is 0.130 e. The van der Waals surface area contributed by atoms with Gasteiger partial charge < -0.3 is 5.32 Å². The summed E-state index contributed by atoms with van der Waals surface area (Å²) in [6.07, 6.45) is 0. The van der Waals surface area contributed by atoms with Crippen LogP contribution in [0.3, 0.4) is 0 Å². The predicted octanol–water partition coefficient (Wildman–Crippen LogP) is 5.24. The minimum Gasteiger partial charge on any atom is -0.375 e. The van der Waals surface area contributed by atoms with Crippen molar-refractivity contribution in [2.45, 2.75) is 26.8 Å². The second kappa shape index (κ2) is 5.68. The summed E-state index contributed by atoms with van der Waals surface area (Å²) in [6.45, 7) is 6.10. The summed E-state index contributed by atoms with van der Waals surface area (Å²) in [6, 6.07) is 1.78. The van der Waals surface area contributed by atoms with Gasteiger partial charge in [0.2, 0.25) is 0 Å². The number of hydrogen-bond acceptors (Lipinski definition) is 6. The molecule has 0 aliphatic rings. The maximum absolute atomic E-state index is 6.32. The fourth-order valence-corrected chi connectivity index (χ4v) is 4.34. The number of nitrogens with one attached hydrogen (secondary N) is 1. The quantitative estimate of drug-likeness (QED) is 0.694. The van der Waals surface area contributed by atoms with Crippen LogP contribution in [0.1, 0.15) is 28.5 Å². The van der Waals surface area contributed by atoms with Crippen molar-refractivity contribution in [2.24, 2.45) is 0 Å². The van der Waals surface area contributed by atoms with E-state index in [9.17, 15) is 0 Å². The molecule has 0 amide bonds. The van der Waals surface area contributed by atoms with Crippen LogP contribution >= 0.6 is 46.3 Å². The lowest BCUT2D eigenvalue weighted by Gasteiger charge is -2.16. The number of fused-ring (bicyclic) bond motifs is 1. The van der Waals surface area contributed by atoms with E-state index in [-0.39, 0.29) is 6.04 Å². The maximum Gasteiger partial charge on any atom is 0.130 e. The Bertz CT molecular complexity index is 812. The Morgan fingerprint density at radius 2 is 1.86 bits per heavy atom. The van der Waals surface area contributed by atoms with Crippen molar-refractivity contribution < 1.29 is 0 Å². The van der Waals surface area contributed by atoms with E-state index >= 15 is 0 Å². The predicted molar refractivity (Wildman–Crippen MR) is 91.1 cm³/mol. The molecule has 0 aliphatic carbocycles. The Morgan fingerprint density at radius 3 is 2.52 bits per heavy atom. The number of benzene rings is 1. The van der Waals surface area contributed by atoms with Crippen molar-refractivity contribution in [2.75, 3.05) is 5.32 Å². The van der Waals surface area contributed by atoms with E-state index in [1.54, 1.807) is 17.4 Å². The number of thiazole rings is 1. The second-order valence-electron chi connectivity index (χ2n) is 4.73. The molecule has 8 heteroatoms. The Balaban J connectivity index is 2.02. The normalized spacial score (nSPS) is 12.8. The van der Waals surface area contributed by atoms with Gasteiger partial charge in [0.05, 0.1) is 44.2 Å². The highest BCUT2D eigenvalue weighted by atomic mass is 35.5. The van der Waals surface area contributed by atoms with Crippen LogP contribution in [0.25, 0.3) is 11.0 Å². The zero-order valence-electron chi connectivity index (χ0n) is 11.6. The number of anilines is 1. The van der Waals surface area contributed by atoms with Crippen molar-refractivity contribution in [1.29, 1.82) is 0 Å². The van der Waals surface area contributed by atoms with E-state index in [0.717, 1.165) is 28.1 Å². The molecule has 0 spiro atoms. The van der Waals surface area contributed by atoms with Gasteiger partial charge in [-0.3, -0.25) is 0 Å². The fourth-order valence-electron chi connectivity index (χ4n) is 2.24. The van der Waals surface area contributed by atoms with E-state index in [0.29, 0.717) is 21.1 Å². The monoisotopic (exact) mass is 358 g/mol. The van der Waals surface area contributed by atoms with Gasteiger partial charge in [0.25, 0.3) is 0 Å². The first-order chi connectivity index (χ1) is 9.97. The van der Waals surface area contributed by atoms with Crippen molar-refractivity contribution in [3.05, 3.63) is 31.7 Å². The number of rotatable bonds is 3. The number of halogens is 2.